The molecule has 0 amide bonds. The number of aromatic nitrogens is 2. The van der Waals surface area contributed by atoms with Crippen molar-refractivity contribution in [3.63, 3.8) is 0 Å². The van der Waals surface area contributed by atoms with E-state index >= 15 is 0 Å². The van der Waals surface area contributed by atoms with Crippen LogP contribution in [0.2, 0.25) is 0 Å². The third kappa shape index (κ3) is 3.16. The molecule has 1 aromatic carbocycles. The largest absolute Gasteiger partial charge is 0.393 e. The topological polar surface area (TPSA) is 79.1 Å². The summed E-state index contributed by atoms with van der Waals surface area (Å²) in [5.41, 5.74) is 13.0. The van der Waals surface area contributed by atoms with Crippen molar-refractivity contribution in [2.75, 3.05) is 30.6 Å². The smallest absolute Gasteiger partial charge is 0.169 e. The highest BCUT2D eigenvalue weighted by molar-refractivity contribution is 5.78. The molecule has 0 saturated carbocycles. The summed E-state index contributed by atoms with van der Waals surface area (Å²) in [6, 6.07) is 6.18. The summed E-state index contributed by atoms with van der Waals surface area (Å²) in [4.78, 5) is 8.33. The maximum Gasteiger partial charge on any atom is 0.169 e. The van der Waals surface area contributed by atoms with Gasteiger partial charge >= 0.3 is 0 Å². The Hall–Kier alpha value is -2.34. The van der Waals surface area contributed by atoms with Gasteiger partial charge in [0, 0.05) is 19.8 Å². The highest BCUT2D eigenvalue weighted by Gasteiger charge is 2.09. The summed E-state index contributed by atoms with van der Waals surface area (Å²) in [6.07, 6.45) is 1.48. The summed E-state index contributed by atoms with van der Waals surface area (Å²) < 4.78 is 0. The minimum absolute atomic E-state index is 0.487. The number of hydrazine groups is 1. The zero-order chi connectivity index (χ0) is 14.7. The van der Waals surface area contributed by atoms with Crippen LogP contribution in [-0.2, 0) is 0 Å². The van der Waals surface area contributed by atoms with Gasteiger partial charge in [0.05, 0.1) is 0 Å². The van der Waals surface area contributed by atoms with Gasteiger partial charge in [0.25, 0.3) is 0 Å². The standard InChI is InChI=1S/C14H20N6/c1-9-5-6-11(10(2)7-9)18-13-12(15)14(17-8-16-13)19-20(3)4/h5-8H,15H2,1-4H3,(H2,16,17,18,19). The summed E-state index contributed by atoms with van der Waals surface area (Å²) in [6.45, 7) is 4.11. The van der Waals surface area contributed by atoms with Crippen LogP contribution in [0.25, 0.3) is 0 Å². The molecule has 0 aliphatic heterocycles. The fraction of sp³-hybridized carbons (Fsp3) is 0.286. The van der Waals surface area contributed by atoms with Crippen LogP contribution in [0.4, 0.5) is 23.0 Å². The van der Waals surface area contributed by atoms with Crippen LogP contribution >= 0.6 is 0 Å². The molecule has 6 heteroatoms. The second-order valence-electron chi connectivity index (χ2n) is 4.93. The summed E-state index contributed by atoms with van der Waals surface area (Å²) >= 11 is 0. The molecule has 0 spiro atoms. The molecule has 0 bridgehead atoms. The second-order valence-corrected chi connectivity index (χ2v) is 4.93. The van der Waals surface area contributed by atoms with Gasteiger partial charge in [-0.05, 0) is 25.5 Å². The highest BCUT2D eigenvalue weighted by atomic mass is 15.5. The number of rotatable bonds is 4. The Morgan fingerprint density at radius 3 is 2.45 bits per heavy atom. The first-order valence-corrected chi connectivity index (χ1v) is 6.36. The van der Waals surface area contributed by atoms with Crippen LogP contribution in [0.5, 0.6) is 0 Å². The highest BCUT2D eigenvalue weighted by Crippen LogP contribution is 2.27. The van der Waals surface area contributed by atoms with Gasteiger partial charge in [-0.2, -0.15) is 0 Å². The zero-order valence-corrected chi connectivity index (χ0v) is 12.2. The molecule has 1 aromatic heterocycles. The minimum Gasteiger partial charge on any atom is -0.393 e. The van der Waals surface area contributed by atoms with Crippen molar-refractivity contribution in [2.45, 2.75) is 13.8 Å². The van der Waals surface area contributed by atoms with Crippen molar-refractivity contribution in [3.05, 3.63) is 35.7 Å². The van der Waals surface area contributed by atoms with E-state index in [0.29, 0.717) is 17.3 Å². The predicted molar refractivity (Wildman–Crippen MR) is 83.0 cm³/mol. The van der Waals surface area contributed by atoms with Gasteiger partial charge in [-0.25, -0.2) is 15.0 Å². The SMILES string of the molecule is Cc1ccc(Nc2ncnc(NN(C)C)c2N)c(C)c1. The quantitative estimate of drug-likeness (QED) is 0.741. The van der Waals surface area contributed by atoms with Crippen molar-refractivity contribution >= 4 is 23.0 Å². The van der Waals surface area contributed by atoms with Crippen molar-refractivity contribution in [2.24, 2.45) is 0 Å². The van der Waals surface area contributed by atoms with E-state index in [0.717, 1.165) is 11.3 Å². The molecule has 0 unspecified atom stereocenters. The van der Waals surface area contributed by atoms with Gasteiger partial charge < -0.3 is 16.5 Å². The molecule has 0 fully saturated rings. The van der Waals surface area contributed by atoms with Gasteiger partial charge in [-0.3, -0.25) is 0 Å². The molecular weight excluding hydrogens is 252 g/mol. The Morgan fingerprint density at radius 2 is 1.80 bits per heavy atom. The average molecular weight is 272 g/mol. The maximum atomic E-state index is 6.08. The normalized spacial score (nSPS) is 10.7. The molecule has 20 heavy (non-hydrogen) atoms. The van der Waals surface area contributed by atoms with Crippen LogP contribution in [-0.4, -0.2) is 29.1 Å². The van der Waals surface area contributed by atoms with Crippen LogP contribution in [0.3, 0.4) is 0 Å². The number of anilines is 4. The molecule has 0 aliphatic rings. The lowest BCUT2D eigenvalue weighted by molar-refractivity contribution is 0.492. The second kappa shape index (κ2) is 5.75. The van der Waals surface area contributed by atoms with E-state index in [-0.39, 0.29) is 0 Å². The van der Waals surface area contributed by atoms with Crippen LogP contribution in [0.1, 0.15) is 11.1 Å². The molecule has 1 heterocycles. The number of nitrogens with two attached hydrogens (primary N) is 1. The number of nitrogens with one attached hydrogen (secondary N) is 2. The molecule has 0 atom stereocenters. The molecule has 4 N–H and O–H groups in total. The van der Waals surface area contributed by atoms with Gasteiger partial charge in [0.15, 0.2) is 11.6 Å². The molecule has 6 nitrogen and oxygen atoms in total. The monoisotopic (exact) mass is 272 g/mol. The van der Waals surface area contributed by atoms with Crippen molar-refractivity contribution in [1.29, 1.82) is 0 Å². The molecular formula is C14H20N6. The van der Waals surface area contributed by atoms with Crippen molar-refractivity contribution in [3.8, 4) is 0 Å². The van der Waals surface area contributed by atoms with E-state index in [9.17, 15) is 0 Å². The number of aryl methyl sites for hydroxylation is 2. The Labute approximate surface area is 119 Å². The fourth-order valence-electron chi connectivity index (χ4n) is 1.88. The Bertz CT molecular complexity index is 609. The molecule has 106 valence electrons. The van der Waals surface area contributed by atoms with Gasteiger partial charge in [-0.15, -0.1) is 0 Å². The first-order chi connectivity index (χ1) is 9.47. The number of hydrogen-bond acceptors (Lipinski definition) is 6. The van der Waals surface area contributed by atoms with Crippen molar-refractivity contribution < 1.29 is 0 Å². The van der Waals surface area contributed by atoms with E-state index < -0.39 is 0 Å². The lowest BCUT2D eigenvalue weighted by Gasteiger charge is -2.16. The molecule has 0 saturated heterocycles. The maximum absolute atomic E-state index is 6.08. The predicted octanol–water partition coefficient (Wildman–Crippen LogP) is 2.31. The van der Waals surface area contributed by atoms with E-state index in [1.165, 1.54) is 11.9 Å². The third-order valence-corrected chi connectivity index (χ3v) is 2.85. The lowest BCUT2D eigenvalue weighted by Crippen LogP contribution is -2.21. The Balaban J connectivity index is 2.29. The summed E-state index contributed by atoms with van der Waals surface area (Å²) in [5, 5.41) is 5.02. The fourth-order valence-corrected chi connectivity index (χ4v) is 1.88. The number of hydrogen-bond donors (Lipinski definition) is 3. The first-order valence-electron chi connectivity index (χ1n) is 6.36. The zero-order valence-electron chi connectivity index (χ0n) is 12.2. The van der Waals surface area contributed by atoms with Crippen LogP contribution < -0.4 is 16.5 Å². The third-order valence-electron chi connectivity index (χ3n) is 2.85. The summed E-state index contributed by atoms with van der Waals surface area (Å²) in [5.74, 6) is 1.17. The molecule has 2 aromatic rings. The molecule has 0 radical (unpaired) electrons. The van der Waals surface area contributed by atoms with E-state index in [1.807, 2.05) is 33.2 Å². The number of benzene rings is 1. The van der Waals surface area contributed by atoms with Crippen LogP contribution in [0, 0.1) is 13.8 Å². The van der Waals surface area contributed by atoms with Gasteiger partial charge in [-0.1, -0.05) is 17.7 Å². The van der Waals surface area contributed by atoms with Gasteiger partial charge in [0.2, 0.25) is 0 Å². The Morgan fingerprint density at radius 1 is 1.10 bits per heavy atom. The van der Waals surface area contributed by atoms with E-state index in [4.69, 9.17) is 5.73 Å². The Kier molecular flexibility index (Phi) is 4.05. The van der Waals surface area contributed by atoms with E-state index in [2.05, 4.69) is 33.7 Å². The average Bonchev–Trinajstić information content (AvgIpc) is 2.36. The van der Waals surface area contributed by atoms with Crippen LogP contribution in [0.15, 0.2) is 24.5 Å². The summed E-state index contributed by atoms with van der Waals surface area (Å²) in [7, 11) is 3.75. The first kappa shape index (κ1) is 14.1. The van der Waals surface area contributed by atoms with Crippen molar-refractivity contribution in [1.82, 2.24) is 15.0 Å². The number of nitrogen functional groups attached to an aromatic ring is 1. The van der Waals surface area contributed by atoms with E-state index in [1.54, 1.807) is 5.01 Å². The number of nitrogens with zero attached hydrogens (tertiary/aromatic N) is 3. The molecule has 2 rings (SSSR count). The lowest BCUT2D eigenvalue weighted by atomic mass is 10.1. The molecule has 0 aliphatic carbocycles. The van der Waals surface area contributed by atoms with Gasteiger partial charge in [0.1, 0.15) is 12.0 Å². The minimum atomic E-state index is 0.487.